The molecule has 1 N–H and O–H groups in total. The minimum atomic E-state index is -3.85. The van der Waals surface area contributed by atoms with Gasteiger partial charge in [0.2, 0.25) is 0 Å². The molecule has 5 heteroatoms. The van der Waals surface area contributed by atoms with Crippen molar-refractivity contribution in [1.29, 1.82) is 0 Å². The van der Waals surface area contributed by atoms with Crippen molar-refractivity contribution in [2.45, 2.75) is 13.3 Å². The highest BCUT2D eigenvalue weighted by atomic mass is 32.2. The highest BCUT2D eigenvalue weighted by molar-refractivity contribution is 7.85. The standard InChI is InChI=1S/C9H13NO3S/c1-9(5-3-7-10-2)6-4-8-14(11,12)13/h3,5-7H,2,4,8H2,1H3/p+1/b5-3-,9-6-. The maximum atomic E-state index is 10.4. The molecule has 4 nitrogen and oxygen atoms in total. The Morgan fingerprint density at radius 1 is 1.57 bits per heavy atom. The van der Waals surface area contributed by atoms with Crippen molar-refractivity contribution >= 4 is 23.1 Å². The molecule has 0 heterocycles. The second-order valence-electron chi connectivity index (χ2n) is 2.71. The van der Waals surface area contributed by atoms with Gasteiger partial charge in [-0.15, -0.1) is 4.67 Å². The molecule has 14 heavy (non-hydrogen) atoms. The van der Waals surface area contributed by atoms with Crippen molar-refractivity contribution in [3.05, 3.63) is 23.8 Å². The Hall–Kier alpha value is -1.16. The lowest BCUT2D eigenvalue weighted by Crippen LogP contribution is -2.02. The van der Waals surface area contributed by atoms with Gasteiger partial charge in [-0.2, -0.15) is 8.42 Å². The van der Waals surface area contributed by atoms with E-state index in [1.165, 1.54) is 6.21 Å². The fourth-order valence-corrected chi connectivity index (χ4v) is 1.17. The fraction of sp³-hybridized carbons (Fsp3) is 0.333. The summed E-state index contributed by atoms with van der Waals surface area (Å²) in [5.41, 5.74) is 0.911. The van der Waals surface area contributed by atoms with Crippen LogP contribution in [0.1, 0.15) is 13.3 Å². The third-order valence-corrected chi connectivity index (χ3v) is 2.14. The molecule has 0 rings (SSSR count). The zero-order valence-corrected chi connectivity index (χ0v) is 8.87. The van der Waals surface area contributed by atoms with Crippen LogP contribution in [0.25, 0.3) is 0 Å². The van der Waals surface area contributed by atoms with Crippen LogP contribution < -0.4 is 4.67 Å². The highest BCUT2D eigenvalue weighted by Crippen LogP contribution is 1.98. The van der Waals surface area contributed by atoms with Gasteiger partial charge in [-0.1, -0.05) is 17.7 Å². The summed E-state index contributed by atoms with van der Waals surface area (Å²) >= 11 is 0. The zero-order valence-electron chi connectivity index (χ0n) is 8.05. The molecule has 0 saturated heterocycles. The lowest BCUT2D eigenvalue weighted by atomic mass is 10.2. The normalized spacial score (nSPS) is 12.9. The molecule has 0 aliphatic carbocycles. The molecular formula is C9H14NO3S+. The number of nitrogens with zero attached hydrogens (tertiary/aromatic N) is 1. The van der Waals surface area contributed by atoms with E-state index in [-0.39, 0.29) is 5.75 Å². The molecule has 0 aromatic carbocycles. The lowest BCUT2D eigenvalue weighted by molar-refractivity contribution is 0.483. The molecule has 0 aromatic rings. The van der Waals surface area contributed by atoms with Crippen LogP contribution in [0.15, 0.2) is 23.8 Å². The monoisotopic (exact) mass is 216 g/mol. The summed E-state index contributed by atoms with van der Waals surface area (Å²) in [6, 6.07) is 0. The summed E-state index contributed by atoms with van der Waals surface area (Å²) < 4.78 is 32.6. The highest BCUT2D eigenvalue weighted by Gasteiger charge is 2.00. The Bertz CT molecular complexity index is 373. The van der Waals surface area contributed by atoms with Crippen LogP contribution in [0, 0.1) is 0 Å². The third kappa shape index (κ3) is 8.93. The molecule has 0 bridgehead atoms. The van der Waals surface area contributed by atoms with E-state index < -0.39 is 10.1 Å². The van der Waals surface area contributed by atoms with E-state index in [1.807, 2.05) is 6.92 Å². The number of hydrogen-bond acceptors (Lipinski definition) is 2. The van der Waals surface area contributed by atoms with Crippen LogP contribution in [0.5, 0.6) is 0 Å². The van der Waals surface area contributed by atoms with Gasteiger partial charge >= 0.3 is 0 Å². The number of allylic oxidation sites excluding steroid dienone is 4. The summed E-state index contributed by atoms with van der Waals surface area (Å²) in [6.07, 6.45) is 7.03. The molecule has 0 atom stereocenters. The molecule has 78 valence electrons. The molecule has 0 aliphatic rings. The Kier molecular flexibility index (Phi) is 5.79. The minimum Gasteiger partial charge on any atom is -0.286 e. The van der Waals surface area contributed by atoms with Crippen molar-refractivity contribution in [3.8, 4) is 0 Å². The first kappa shape index (κ1) is 12.8. The Morgan fingerprint density at radius 3 is 2.71 bits per heavy atom. The van der Waals surface area contributed by atoms with Gasteiger partial charge in [-0.05, 0) is 13.3 Å². The topological polar surface area (TPSA) is 68.5 Å². The minimum absolute atomic E-state index is 0.248. The van der Waals surface area contributed by atoms with Gasteiger partial charge in [0.05, 0.1) is 5.75 Å². The third-order valence-electron chi connectivity index (χ3n) is 1.39. The number of hydrogen-bond donors (Lipinski definition) is 1. The molecule has 0 aromatic heterocycles. The SMILES string of the molecule is C=[N+]=C/C=C\C(C)=C/CCS(=O)(=O)O. The van der Waals surface area contributed by atoms with E-state index in [0.29, 0.717) is 6.42 Å². The van der Waals surface area contributed by atoms with Crippen LogP contribution in [0.4, 0.5) is 0 Å². The van der Waals surface area contributed by atoms with Crippen molar-refractivity contribution in [3.63, 3.8) is 0 Å². The molecule has 0 fully saturated rings. The van der Waals surface area contributed by atoms with Gasteiger partial charge in [-0.25, -0.2) is 0 Å². The predicted octanol–water partition coefficient (Wildman–Crippen LogP) is 0.605. The molecule has 0 unspecified atom stereocenters. The second kappa shape index (κ2) is 6.32. The molecule has 0 amide bonds. The first-order valence-electron chi connectivity index (χ1n) is 4.03. The van der Waals surface area contributed by atoms with E-state index in [4.69, 9.17) is 4.55 Å². The summed E-state index contributed by atoms with van der Waals surface area (Å²) in [6.45, 7) is 5.09. The van der Waals surface area contributed by atoms with Crippen molar-refractivity contribution in [2.75, 3.05) is 5.75 Å². The smallest absolute Gasteiger partial charge is 0.286 e. The van der Waals surface area contributed by atoms with Crippen LogP contribution in [0.2, 0.25) is 0 Å². The average molecular weight is 216 g/mol. The van der Waals surface area contributed by atoms with Gasteiger partial charge in [0.15, 0.2) is 0 Å². The maximum Gasteiger partial charge on any atom is 0.291 e. The zero-order chi connectivity index (χ0) is 11.0. The molecular weight excluding hydrogens is 202 g/mol. The van der Waals surface area contributed by atoms with Crippen LogP contribution in [-0.2, 0) is 10.1 Å². The quantitative estimate of drug-likeness (QED) is 0.317. The first-order valence-corrected chi connectivity index (χ1v) is 5.64. The van der Waals surface area contributed by atoms with Gasteiger partial charge in [0.1, 0.15) is 0 Å². The molecule has 0 aliphatic heterocycles. The van der Waals surface area contributed by atoms with Gasteiger partial charge in [0.25, 0.3) is 23.1 Å². The Balaban J connectivity index is 4.07. The van der Waals surface area contributed by atoms with Crippen molar-refractivity contribution < 1.29 is 13.0 Å². The Morgan fingerprint density at radius 2 is 2.21 bits per heavy atom. The van der Waals surface area contributed by atoms with Crippen LogP contribution >= 0.6 is 0 Å². The number of rotatable bonds is 5. The lowest BCUT2D eigenvalue weighted by Gasteiger charge is -1.92. The van der Waals surface area contributed by atoms with E-state index >= 15 is 0 Å². The van der Waals surface area contributed by atoms with E-state index in [1.54, 1.807) is 18.2 Å². The van der Waals surface area contributed by atoms with Gasteiger partial charge in [0, 0.05) is 6.08 Å². The van der Waals surface area contributed by atoms with Crippen molar-refractivity contribution in [2.24, 2.45) is 0 Å². The van der Waals surface area contributed by atoms with Crippen LogP contribution in [-0.4, -0.2) is 31.7 Å². The molecule has 0 saturated carbocycles. The fourth-order valence-electron chi connectivity index (χ4n) is 0.759. The Labute approximate surface area is 84.1 Å². The van der Waals surface area contributed by atoms with E-state index in [2.05, 4.69) is 11.4 Å². The maximum absolute atomic E-state index is 10.4. The average Bonchev–Trinajstić information content (AvgIpc) is 2.02. The summed E-state index contributed by atoms with van der Waals surface area (Å²) in [4.78, 5) is 0. The molecule has 0 spiro atoms. The van der Waals surface area contributed by atoms with Gasteiger partial charge in [-0.3, -0.25) is 4.55 Å². The van der Waals surface area contributed by atoms with E-state index in [9.17, 15) is 8.42 Å². The first-order chi connectivity index (χ1) is 6.45. The van der Waals surface area contributed by atoms with Gasteiger partial charge < -0.3 is 0 Å². The summed E-state index contributed by atoms with van der Waals surface area (Å²) in [5, 5.41) is 0. The summed E-state index contributed by atoms with van der Waals surface area (Å²) in [5.74, 6) is -0.248. The predicted molar refractivity (Wildman–Crippen MR) is 59.2 cm³/mol. The molecule has 0 radical (unpaired) electrons. The largest absolute Gasteiger partial charge is 0.291 e. The van der Waals surface area contributed by atoms with E-state index in [0.717, 1.165) is 5.57 Å². The van der Waals surface area contributed by atoms with Crippen molar-refractivity contribution in [1.82, 2.24) is 4.67 Å². The van der Waals surface area contributed by atoms with Crippen LogP contribution in [0.3, 0.4) is 0 Å². The summed E-state index contributed by atoms with van der Waals surface area (Å²) in [7, 11) is -3.85. The second-order valence-corrected chi connectivity index (χ2v) is 4.29.